The van der Waals surface area contributed by atoms with Crippen LogP contribution in [0.25, 0.3) is 0 Å². The summed E-state index contributed by atoms with van der Waals surface area (Å²) in [6, 6.07) is 20.7. The van der Waals surface area contributed by atoms with Crippen LogP contribution in [0.4, 0.5) is 0 Å². The van der Waals surface area contributed by atoms with Gasteiger partial charge in [0.25, 0.3) is 0 Å². The fourth-order valence-electron chi connectivity index (χ4n) is 3.30. The minimum Gasteiger partial charge on any atom is -0.384 e. The molecule has 4 nitrogen and oxygen atoms in total. The second-order valence-corrected chi connectivity index (χ2v) is 7.96. The second kappa shape index (κ2) is 14.6. The molecule has 181 valence electrons. The van der Waals surface area contributed by atoms with Gasteiger partial charge in [-0.3, -0.25) is 9.59 Å². The Morgan fingerprint density at radius 2 is 0.914 bits per heavy atom. The van der Waals surface area contributed by atoms with E-state index in [2.05, 4.69) is 48.7 Å². The van der Waals surface area contributed by atoms with E-state index in [0.717, 1.165) is 0 Å². The van der Waals surface area contributed by atoms with E-state index in [4.69, 9.17) is 0 Å². The summed E-state index contributed by atoms with van der Waals surface area (Å²) in [7, 11) is 0. The molecule has 0 aromatic heterocycles. The monoisotopic (exact) mass is 509 g/mol. The SMILES string of the molecule is CC(N/C=C1/C=CC=CC1=O)c1ccccc1.CC(N/C=C1/C=CC=CC1=O)c1ccccc1.[Co]. The minimum absolute atomic E-state index is 0. The molecule has 2 aromatic carbocycles. The molecule has 0 bridgehead atoms. The Bertz CT molecular complexity index is 1070. The molecule has 2 aliphatic rings. The number of rotatable bonds is 6. The average molecular weight is 510 g/mol. The molecule has 2 N–H and O–H groups in total. The van der Waals surface area contributed by atoms with Crippen LogP contribution in [0.5, 0.6) is 0 Å². The molecule has 2 aromatic rings. The van der Waals surface area contributed by atoms with Crippen molar-refractivity contribution >= 4 is 11.6 Å². The van der Waals surface area contributed by atoms with Crippen LogP contribution in [0, 0.1) is 0 Å². The molecule has 0 saturated heterocycles. The summed E-state index contributed by atoms with van der Waals surface area (Å²) < 4.78 is 0. The topological polar surface area (TPSA) is 58.2 Å². The zero-order chi connectivity index (χ0) is 24.2. The van der Waals surface area contributed by atoms with Crippen LogP contribution < -0.4 is 10.6 Å². The van der Waals surface area contributed by atoms with Crippen molar-refractivity contribution in [3.63, 3.8) is 0 Å². The number of carbonyl (C=O) groups excluding carboxylic acids is 2. The van der Waals surface area contributed by atoms with E-state index in [1.54, 1.807) is 36.7 Å². The zero-order valence-electron chi connectivity index (χ0n) is 19.9. The van der Waals surface area contributed by atoms with Gasteiger partial charge in [-0.25, -0.2) is 0 Å². The van der Waals surface area contributed by atoms with Crippen molar-refractivity contribution < 1.29 is 26.4 Å². The molecule has 35 heavy (non-hydrogen) atoms. The third kappa shape index (κ3) is 8.89. The number of nitrogens with one attached hydrogen (secondary N) is 2. The van der Waals surface area contributed by atoms with Gasteiger partial charge in [-0.05, 0) is 49.3 Å². The van der Waals surface area contributed by atoms with E-state index < -0.39 is 0 Å². The summed E-state index contributed by atoms with van der Waals surface area (Å²) in [5.74, 6) is 0.0838. The fraction of sp³-hybridized carbons (Fsp3) is 0.133. The zero-order valence-corrected chi connectivity index (χ0v) is 20.9. The summed E-state index contributed by atoms with van der Waals surface area (Å²) in [5.41, 5.74) is 3.78. The van der Waals surface area contributed by atoms with Crippen LogP contribution in [0.15, 0.2) is 133 Å². The van der Waals surface area contributed by atoms with Crippen molar-refractivity contribution in [1.29, 1.82) is 0 Å². The molecule has 0 fully saturated rings. The van der Waals surface area contributed by atoms with E-state index in [9.17, 15) is 9.59 Å². The third-order valence-corrected chi connectivity index (χ3v) is 5.41. The number of hydrogen-bond donors (Lipinski definition) is 2. The van der Waals surface area contributed by atoms with E-state index >= 15 is 0 Å². The number of benzene rings is 2. The van der Waals surface area contributed by atoms with Gasteiger partial charge < -0.3 is 10.6 Å². The first kappa shape index (κ1) is 27.6. The Balaban J connectivity index is 0.000000240. The summed E-state index contributed by atoms with van der Waals surface area (Å²) in [5, 5.41) is 6.46. The van der Waals surface area contributed by atoms with Crippen molar-refractivity contribution in [3.8, 4) is 0 Å². The normalized spacial score (nSPS) is 17.9. The molecule has 0 amide bonds. The Morgan fingerprint density at radius 1 is 0.571 bits per heavy atom. The maximum Gasteiger partial charge on any atom is 0.187 e. The molecule has 1 radical (unpaired) electrons. The van der Waals surface area contributed by atoms with Crippen molar-refractivity contribution in [1.82, 2.24) is 10.6 Å². The molecule has 0 saturated carbocycles. The first-order valence-corrected chi connectivity index (χ1v) is 11.3. The first-order valence-electron chi connectivity index (χ1n) is 11.3. The van der Waals surface area contributed by atoms with Gasteiger partial charge in [0, 0.05) is 52.4 Å². The quantitative estimate of drug-likeness (QED) is 0.481. The molecule has 2 aliphatic carbocycles. The van der Waals surface area contributed by atoms with Crippen molar-refractivity contribution in [2.45, 2.75) is 25.9 Å². The fourth-order valence-corrected chi connectivity index (χ4v) is 3.30. The van der Waals surface area contributed by atoms with Crippen LogP contribution in [0.3, 0.4) is 0 Å². The van der Waals surface area contributed by atoms with Crippen molar-refractivity contribution in [3.05, 3.63) is 144 Å². The van der Waals surface area contributed by atoms with Crippen LogP contribution in [0.1, 0.15) is 37.1 Å². The van der Waals surface area contributed by atoms with Gasteiger partial charge in [-0.15, -0.1) is 0 Å². The molecule has 2 unspecified atom stereocenters. The van der Waals surface area contributed by atoms with Gasteiger partial charge in [0.2, 0.25) is 0 Å². The van der Waals surface area contributed by atoms with Gasteiger partial charge >= 0.3 is 0 Å². The summed E-state index contributed by atoms with van der Waals surface area (Å²) in [6.07, 6.45) is 17.5. The standard InChI is InChI=1S/2C15H15NO.Co/c2*1-12(13-7-3-2-4-8-13)16-11-14-9-5-6-10-15(14)17;/h2*2-12,16H,1H3;/b2*14-11-;. The Morgan fingerprint density at radius 3 is 1.26 bits per heavy atom. The molecule has 5 heteroatoms. The van der Waals surface area contributed by atoms with E-state index in [1.807, 2.05) is 60.7 Å². The molecule has 0 heterocycles. The van der Waals surface area contributed by atoms with Crippen LogP contribution >= 0.6 is 0 Å². The molecular weight excluding hydrogens is 479 g/mol. The molecule has 2 atom stereocenters. The smallest absolute Gasteiger partial charge is 0.187 e. The predicted octanol–water partition coefficient (Wildman–Crippen LogP) is 5.83. The Hall–Kier alpha value is -3.67. The molecular formula is C30H30CoN2O2. The number of carbonyl (C=O) groups is 2. The maximum atomic E-state index is 11.5. The third-order valence-electron chi connectivity index (χ3n) is 5.41. The largest absolute Gasteiger partial charge is 0.384 e. The average Bonchev–Trinajstić information content (AvgIpc) is 2.89. The molecule has 0 aliphatic heterocycles. The number of ketones is 2. The second-order valence-electron chi connectivity index (χ2n) is 7.96. The molecule has 0 spiro atoms. The first-order chi connectivity index (χ1) is 16.5. The van der Waals surface area contributed by atoms with Gasteiger partial charge in [0.05, 0.1) is 0 Å². The minimum atomic E-state index is 0. The Labute approximate surface area is 218 Å². The van der Waals surface area contributed by atoms with Crippen LogP contribution in [-0.2, 0) is 26.4 Å². The van der Waals surface area contributed by atoms with Gasteiger partial charge in [-0.2, -0.15) is 0 Å². The maximum absolute atomic E-state index is 11.5. The van der Waals surface area contributed by atoms with Gasteiger partial charge in [0.15, 0.2) is 11.6 Å². The Kier molecular flexibility index (Phi) is 11.5. The van der Waals surface area contributed by atoms with Crippen molar-refractivity contribution in [2.75, 3.05) is 0 Å². The number of allylic oxidation sites excluding steroid dienone is 10. The van der Waals surface area contributed by atoms with E-state index in [1.165, 1.54) is 11.1 Å². The summed E-state index contributed by atoms with van der Waals surface area (Å²) >= 11 is 0. The molecule has 4 rings (SSSR count). The predicted molar refractivity (Wildman–Crippen MR) is 139 cm³/mol. The number of hydrogen-bond acceptors (Lipinski definition) is 4. The van der Waals surface area contributed by atoms with Crippen molar-refractivity contribution in [2.24, 2.45) is 0 Å². The van der Waals surface area contributed by atoms with Gasteiger partial charge in [-0.1, -0.05) is 85.0 Å². The van der Waals surface area contributed by atoms with Crippen LogP contribution in [0.2, 0.25) is 0 Å². The summed E-state index contributed by atoms with van der Waals surface area (Å²) in [6.45, 7) is 4.14. The van der Waals surface area contributed by atoms with E-state index in [0.29, 0.717) is 11.1 Å². The van der Waals surface area contributed by atoms with E-state index in [-0.39, 0.29) is 40.4 Å². The van der Waals surface area contributed by atoms with Crippen LogP contribution in [-0.4, -0.2) is 11.6 Å². The van der Waals surface area contributed by atoms with Gasteiger partial charge in [0.1, 0.15) is 0 Å². The summed E-state index contributed by atoms with van der Waals surface area (Å²) in [4.78, 5) is 23.0.